The summed E-state index contributed by atoms with van der Waals surface area (Å²) >= 11 is 4.18. The van der Waals surface area contributed by atoms with Crippen molar-refractivity contribution in [1.82, 2.24) is 4.72 Å². The van der Waals surface area contributed by atoms with Crippen molar-refractivity contribution in [2.75, 3.05) is 0 Å². The number of carbonyl (C=O) groups is 1. The Morgan fingerprint density at radius 3 is 2.50 bits per heavy atom. The summed E-state index contributed by atoms with van der Waals surface area (Å²) in [7, 11) is -3.73. The van der Waals surface area contributed by atoms with E-state index in [1.165, 1.54) is 13.8 Å². The molecular weight excluding hydrogens is 316 g/mol. The minimum atomic E-state index is -3.73. The molecule has 0 radical (unpaired) electrons. The molecule has 5 nitrogen and oxygen atoms in total. The molecule has 0 spiro atoms. The number of hydrogen-bond acceptors (Lipinski definition) is 4. The summed E-state index contributed by atoms with van der Waals surface area (Å²) < 4.78 is 26.6. The minimum absolute atomic E-state index is 0.127. The Labute approximate surface area is 106 Å². The van der Waals surface area contributed by atoms with Crippen LogP contribution in [-0.4, -0.2) is 19.9 Å². The van der Waals surface area contributed by atoms with Gasteiger partial charge in [-0.15, -0.1) is 11.3 Å². The Morgan fingerprint density at radius 1 is 1.56 bits per heavy atom. The molecule has 8 heteroatoms. The highest BCUT2D eigenvalue weighted by Crippen LogP contribution is 2.28. The highest BCUT2D eigenvalue weighted by molar-refractivity contribution is 9.10. The molecule has 1 rings (SSSR count). The van der Waals surface area contributed by atoms with Gasteiger partial charge in [-0.05, 0) is 41.2 Å². The Bertz CT molecular complexity index is 507. The van der Waals surface area contributed by atoms with Gasteiger partial charge in [0.2, 0.25) is 5.91 Å². The van der Waals surface area contributed by atoms with Crippen LogP contribution in [0, 0.1) is 0 Å². The molecule has 0 unspecified atom stereocenters. The topological polar surface area (TPSA) is 89.3 Å². The van der Waals surface area contributed by atoms with Crippen LogP contribution < -0.4 is 10.5 Å². The fraction of sp³-hybridized carbons (Fsp3) is 0.375. The number of thiophene rings is 1. The highest BCUT2D eigenvalue weighted by atomic mass is 79.9. The van der Waals surface area contributed by atoms with E-state index >= 15 is 0 Å². The molecule has 0 aromatic carbocycles. The van der Waals surface area contributed by atoms with E-state index in [0.717, 1.165) is 11.3 Å². The lowest BCUT2D eigenvalue weighted by Gasteiger charge is -2.21. The van der Waals surface area contributed by atoms with Gasteiger partial charge in [-0.1, -0.05) is 0 Å². The molecule has 1 heterocycles. The first-order valence-electron chi connectivity index (χ1n) is 4.24. The Morgan fingerprint density at radius 2 is 2.12 bits per heavy atom. The van der Waals surface area contributed by atoms with Gasteiger partial charge in [0.15, 0.2) is 0 Å². The van der Waals surface area contributed by atoms with Crippen molar-refractivity contribution in [3.63, 3.8) is 0 Å². The molecule has 0 aliphatic heterocycles. The molecule has 0 saturated heterocycles. The second-order valence-electron chi connectivity index (χ2n) is 3.65. The monoisotopic (exact) mass is 326 g/mol. The van der Waals surface area contributed by atoms with E-state index in [1.807, 2.05) is 0 Å². The lowest BCUT2D eigenvalue weighted by molar-refractivity contribution is -0.122. The molecule has 1 aromatic rings. The van der Waals surface area contributed by atoms with Gasteiger partial charge in [-0.25, -0.2) is 8.42 Å². The number of halogens is 1. The predicted octanol–water partition coefficient (Wildman–Crippen LogP) is 1.05. The van der Waals surface area contributed by atoms with Gasteiger partial charge in [-0.3, -0.25) is 4.79 Å². The first kappa shape index (κ1) is 13.6. The standard InChI is InChI=1S/C8H11BrN2O3S2/c1-8(2,7(10)12)11-16(13,14)6-5(9)3-4-15-6/h3-4,11H,1-2H3,(H2,10,12). The van der Waals surface area contributed by atoms with E-state index in [0.29, 0.717) is 4.47 Å². The lowest BCUT2D eigenvalue weighted by atomic mass is 10.1. The third kappa shape index (κ3) is 2.82. The van der Waals surface area contributed by atoms with Crippen LogP contribution >= 0.6 is 27.3 Å². The zero-order chi connectivity index (χ0) is 12.6. The van der Waals surface area contributed by atoms with Gasteiger partial charge >= 0.3 is 0 Å². The summed E-state index contributed by atoms with van der Waals surface area (Å²) in [5.41, 5.74) is 3.78. The minimum Gasteiger partial charge on any atom is -0.368 e. The maximum Gasteiger partial charge on any atom is 0.252 e. The number of nitrogens with one attached hydrogen (secondary N) is 1. The number of sulfonamides is 1. The molecule has 0 saturated carbocycles. The smallest absolute Gasteiger partial charge is 0.252 e. The largest absolute Gasteiger partial charge is 0.368 e. The molecule has 0 atom stereocenters. The predicted molar refractivity (Wildman–Crippen MR) is 65.6 cm³/mol. The molecule has 16 heavy (non-hydrogen) atoms. The maximum atomic E-state index is 11.9. The number of amides is 1. The van der Waals surface area contributed by atoms with Crippen molar-refractivity contribution < 1.29 is 13.2 Å². The molecule has 90 valence electrons. The van der Waals surface area contributed by atoms with Gasteiger partial charge < -0.3 is 5.73 Å². The number of rotatable bonds is 4. The van der Waals surface area contributed by atoms with Gasteiger partial charge in [0.25, 0.3) is 10.0 Å². The molecule has 1 amide bonds. The number of nitrogens with two attached hydrogens (primary N) is 1. The van der Waals surface area contributed by atoms with Crippen molar-refractivity contribution in [2.24, 2.45) is 5.73 Å². The van der Waals surface area contributed by atoms with E-state index in [4.69, 9.17) is 5.73 Å². The average Bonchev–Trinajstić information content (AvgIpc) is 2.49. The second-order valence-corrected chi connectivity index (χ2v) is 7.30. The summed E-state index contributed by atoms with van der Waals surface area (Å²) in [6.45, 7) is 2.82. The van der Waals surface area contributed by atoms with Crippen molar-refractivity contribution in [3.8, 4) is 0 Å². The van der Waals surface area contributed by atoms with Gasteiger partial charge in [0, 0.05) is 4.47 Å². The summed E-state index contributed by atoms with van der Waals surface area (Å²) in [4.78, 5) is 11.0. The summed E-state index contributed by atoms with van der Waals surface area (Å²) in [5.74, 6) is -0.733. The molecule has 1 aromatic heterocycles. The van der Waals surface area contributed by atoms with E-state index in [2.05, 4.69) is 20.7 Å². The van der Waals surface area contributed by atoms with Crippen LogP contribution in [0.2, 0.25) is 0 Å². The van der Waals surface area contributed by atoms with Crippen LogP contribution in [0.5, 0.6) is 0 Å². The first-order chi connectivity index (χ1) is 7.17. The second kappa shape index (κ2) is 4.44. The molecule has 0 aliphatic rings. The van der Waals surface area contributed by atoms with E-state index in [9.17, 15) is 13.2 Å². The fourth-order valence-electron chi connectivity index (χ4n) is 0.904. The van der Waals surface area contributed by atoms with Gasteiger partial charge in [-0.2, -0.15) is 4.72 Å². The van der Waals surface area contributed by atoms with Crippen LogP contribution in [0.3, 0.4) is 0 Å². The third-order valence-corrected chi connectivity index (χ3v) is 6.16. The number of hydrogen-bond donors (Lipinski definition) is 2. The number of primary amides is 1. The first-order valence-corrected chi connectivity index (χ1v) is 7.39. The fourth-order valence-corrected chi connectivity index (χ4v) is 4.63. The zero-order valence-corrected chi connectivity index (χ0v) is 11.9. The maximum absolute atomic E-state index is 11.9. The van der Waals surface area contributed by atoms with E-state index < -0.39 is 21.5 Å². The van der Waals surface area contributed by atoms with Crippen molar-refractivity contribution in [2.45, 2.75) is 23.6 Å². The highest BCUT2D eigenvalue weighted by Gasteiger charge is 2.32. The van der Waals surface area contributed by atoms with Crippen molar-refractivity contribution >= 4 is 43.2 Å². The average molecular weight is 327 g/mol. The molecule has 0 fully saturated rings. The number of carbonyl (C=O) groups excluding carboxylic acids is 1. The van der Waals surface area contributed by atoms with Crippen LogP contribution in [0.1, 0.15) is 13.8 Å². The third-order valence-electron chi connectivity index (χ3n) is 1.83. The Hall–Kier alpha value is -0.440. The Balaban J connectivity index is 3.07. The quantitative estimate of drug-likeness (QED) is 0.866. The van der Waals surface area contributed by atoms with E-state index in [1.54, 1.807) is 11.4 Å². The lowest BCUT2D eigenvalue weighted by Crippen LogP contribution is -2.52. The molecule has 3 N–H and O–H groups in total. The molecular formula is C8H11BrN2O3S2. The summed E-state index contributed by atoms with van der Waals surface area (Å²) in [5, 5.41) is 1.63. The molecule has 0 bridgehead atoms. The van der Waals surface area contributed by atoms with Crippen LogP contribution in [0.4, 0.5) is 0 Å². The normalized spacial score (nSPS) is 12.7. The summed E-state index contributed by atoms with van der Waals surface area (Å²) in [6.07, 6.45) is 0. The van der Waals surface area contributed by atoms with Crippen molar-refractivity contribution in [1.29, 1.82) is 0 Å². The van der Waals surface area contributed by atoms with E-state index in [-0.39, 0.29) is 4.21 Å². The van der Waals surface area contributed by atoms with Crippen LogP contribution in [0.15, 0.2) is 20.1 Å². The van der Waals surface area contributed by atoms with Gasteiger partial charge in [0.05, 0.1) is 0 Å². The van der Waals surface area contributed by atoms with Crippen LogP contribution in [-0.2, 0) is 14.8 Å². The molecule has 0 aliphatic carbocycles. The zero-order valence-electron chi connectivity index (χ0n) is 8.65. The Kier molecular flexibility index (Phi) is 3.78. The van der Waals surface area contributed by atoms with Gasteiger partial charge in [0.1, 0.15) is 9.75 Å². The van der Waals surface area contributed by atoms with Crippen LogP contribution in [0.25, 0.3) is 0 Å². The SMILES string of the molecule is CC(C)(NS(=O)(=O)c1sccc1Br)C(N)=O. The summed E-state index contributed by atoms with van der Waals surface area (Å²) in [6, 6.07) is 1.62. The van der Waals surface area contributed by atoms with Crippen molar-refractivity contribution in [3.05, 3.63) is 15.9 Å².